The Morgan fingerprint density at radius 3 is 2.60 bits per heavy atom. The third-order valence-corrected chi connectivity index (χ3v) is 3.63. The number of rotatable bonds is 4. The minimum atomic E-state index is -0.977. The molecular formula is C15H20F2N2O. The standard InChI is InChI=1S/C15H20F2N2O/c1-2-7-18-12-5-8-19(9-6-12)15(20)11-3-4-13(16)14(17)10-11/h3-4,10,12,18H,2,5-9H2,1H3. The SMILES string of the molecule is CCCNC1CCN(C(=O)c2ccc(F)c(F)c2)CC1. The number of piperidine rings is 1. The van der Waals surface area contributed by atoms with Crippen molar-refractivity contribution in [2.24, 2.45) is 0 Å². The first-order valence-corrected chi connectivity index (χ1v) is 7.09. The molecular weight excluding hydrogens is 262 g/mol. The maximum Gasteiger partial charge on any atom is 0.253 e. The molecule has 0 radical (unpaired) electrons. The summed E-state index contributed by atoms with van der Waals surface area (Å²) in [5.41, 5.74) is 0.212. The Morgan fingerprint density at radius 1 is 1.30 bits per heavy atom. The lowest BCUT2D eigenvalue weighted by Crippen LogP contribution is -2.45. The first-order valence-electron chi connectivity index (χ1n) is 7.09. The lowest BCUT2D eigenvalue weighted by Gasteiger charge is -2.32. The maximum atomic E-state index is 13.2. The number of hydrogen-bond donors (Lipinski definition) is 1. The molecule has 1 heterocycles. The van der Waals surface area contributed by atoms with Crippen LogP contribution in [0.4, 0.5) is 8.78 Å². The number of amides is 1. The number of hydrogen-bond acceptors (Lipinski definition) is 2. The zero-order chi connectivity index (χ0) is 14.5. The van der Waals surface area contributed by atoms with Gasteiger partial charge in [0.1, 0.15) is 0 Å². The van der Waals surface area contributed by atoms with Gasteiger partial charge in [0, 0.05) is 24.7 Å². The molecule has 0 bridgehead atoms. The van der Waals surface area contributed by atoms with Gasteiger partial charge in [0.15, 0.2) is 11.6 Å². The van der Waals surface area contributed by atoms with Gasteiger partial charge in [-0.3, -0.25) is 4.79 Å². The van der Waals surface area contributed by atoms with Crippen LogP contribution in [0.15, 0.2) is 18.2 Å². The van der Waals surface area contributed by atoms with Crippen molar-refractivity contribution in [2.75, 3.05) is 19.6 Å². The fourth-order valence-corrected chi connectivity index (χ4v) is 2.45. The second-order valence-electron chi connectivity index (χ2n) is 5.15. The van der Waals surface area contributed by atoms with E-state index >= 15 is 0 Å². The molecule has 1 aliphatic rings. The van der Waals surface area contributed by atoms with Gasteiger partial charge in [-0.1, -0.05) is 6.92 Å². The van der Waals surface area contributed by atoms with E-state index in [-0.39, 0.29) is 11.5 Å². The summed E-state index contributed by atoms with van der Waals surface area (Å²) in [5, 5.41) is 3.44. The van der Waals surface area contributed by atoms with Crippen molar-refractivity contribution in [1.29, 1.82) is 0 Å². The van der Waals surface area contributed by atoms with Crippen molar-refractivity contribution < 1.29 is 13.6 Å². The molecule has 3 nitrogen and oxygen atoms in total. The van der Waals surface area contributed by atoms with Crippen molar-refractivity contribution in [1.82, 2.24) is 10.2 Å². The molecule has 2 rings (SSSR count). The molecule has 0 saturated carbocycles. The van der Waals surface area contributed by atoms with Crippen LogP contribution >= 0.6 is 0 Å². The summed E-state index contributed by atoms with van der Waals surface area (Å²) >= 11 is 0. The largest absolute Gasteiger partial charge is 0.339 e. The molecule has 110 valence electrons. The molecule has 5 heteroatoms. The predicted octanol–water partition coefficient (Wildman–Crippen LogP) is 2.57. The summed E-state index contributed by atoms with van der Waals surface area (Å²) in [5.74, 6) is -2.13. The third-order valence-electron chi connectivity index (χ3n) is 3.63. The smallest absolute Gasteiger partial charge is 0.253 e. The minimum absolute atomic E-state index is 0.212. The van der Waals surface area contributed by atoms with Crippen LogP contribution in [0.1, 0.15) is 36.5 Å². The normalized spacial score (nSPS) is 16.4. The Bertz CT molecular complexity index is 471. The molecule has 1 aromatic rings. The highest BCUT2D eigenvalue weighted by molar-refractivity contribution is 5.94. The van der Waals surface area contributed by atoms with E-state index in [9.17, 15) is 13.6 Å². The number of carbonyl (C=O) groups is 1. The quantitative estimate of drug-likeness (QED) is 0.920. The highest BCUT2D eigenvalue weighted by Gasteiger charge is 2.23. The Kier molecular flexibility index (Phi) is 5.06. The number of benzene rings is 1. The molecule has 0 spiro atoms. The van der Waals surface area contributed by atoms with Gasteiger partial charge in [-0.05, 0) is 44.0 Å². The van der Waals surface area contributed by atoms with E-state index in [0.717, 1.165) is 37.9 Å². The van der Waals surface area contributed by atoms with E-state index in [1.807, 2.05) is 0 Å². The van der Waals surface area contributed by atoms with Gasteiger partial charge in [0.2, 0.25) is 0 Å². The molecule has 1 amide bonds. The van der Waals surface area contributed by atoms with Gasteiger partial charge < -0.3 is 10.2 Å². The second-order valence-corrected chi connectivity index (χ2v) is 5.15. The summed E-state index contributed by atoms with van der Waals surface area (Å²) in [6.45, 7) is 4.41. The Morgan fingerprint density at radius 2 is 2.00 bits per heavy atom. The molecule has 20 heavy (non-hydrogen) atoms. The van der Waals surface area contributed by atoms with Crippen molar-refractivity contribution in [3.63, 3.8) is 0 Å². The molecule has 0 aromatic heterocycles. The van der Waals surface area contributed by atoms with Crippen molar-refractivity contribution in [2.45, 2.75) is 32.2 Å². The molecule has 0 atom stereocenters. The number of carbonyl (C=O) groups excluding carboxylic acids is 1. The lowest BCUT2D eigenvalue weighted by molar-refractivity contribution is 0.0705. The molecule has 1 saturated heterocycles. The van der Waals surface area contributed by atoms with E-state index in [1.54, 1.807) is 4.90 Å². The fraction of sp³-hybridized carbons (Fsp3) is 0.533. The highest BCUT2D eigenvalue weighted by Crippen LogP contribution is 2.16. The van der Waals surface area contributed by atoms with Crippen molar-refractivity contribution in [3.05, 3.63) is 35.4 Å². The molecule has 1 aliphatic heterocycles. The number of nitrogens with zero attached hydrogens (tertiary/aromatic N) is 1. The van der Waals surface area contributed by atoms with Crippen LogP contribution < -0.4 is 5.32 Å². The molecule has 1 N–H and O–H groups in total. The number of nitrogens with one attached hydrogen (secondary N) is 1. The van der Waals surface area contributed by atoms with Gasteiger partial charge in [-0.25, -0.2) is 8.78 Å². The van der Waals surface area contributed by atoms with Gasteiger partial charge in [0.25, 0.3) is 5.91 Å². The summed E-state index contributed by atoms with van der Waals surface area (Å²) in [7, 11) is 0. The summed E-state index contributed by atoms with van der Waals surface area (Å²) in [6, 6.07) is 3.75. The first-order chi connectivity index (χ1) is 9.61. The topological polar surface area (TPSA) is 32.3 Å². The second kappa shape index (κ2) is 6.79. The first kappa shape index (κ1) is 14.9. The van der Waals surface area contributed by atoms with E-state index in [0.29, 0.717) is 19.1 Å². The van der Waals surface area contributed by atoms with Crippen LogP contribution in [0.25, 0.3) is 0 Å². The van der Waals surface area contributed by atoms with Crippen molar-refractivity contribution >= 4 is 5.91 Å². The zero-order valence-electron chi connectivity index (χ0n) is 11.7. The van der Waals surface area contributed by atoms with E-state index in [1.165, 1.54) is 6.07 Å². The van der Waals surface area contributed by atoms with E-state index in [2.05, 4.69) is 12.2 Å². The highest BCUT2D eigenvalue weighted by atomic mass is 19.2. The molecule has 1 fully saturated rings. The fourth-order valence-electron chi connectivity index (χ4n) is 2.45. The minimum Gasteiger partial charge on any atom is -0.339 e. The summed E-state index contributed by atoms with van der Waals surface area (Å²) < 4.78 is 26.0. The van der Waals surface area contributed by atoms with Crippen LogP contribution in [0.5, 0.6) is 0 Å². The van der Waals surface area contributed by atoms with Gasteiger partial charge >= 0.3 is 0 Å². The summed E-state index contributed by atoms with van der Waals surface area (Å²) in [4.78, 5) is 13.9. The lowest BCUT2D eigenvalue weighted by atomic mass is 10.0. The van der Waals surface area contributed by atoms with Crippen molar-refractivity contribution in [3.8, 4) is 0 Å². The predicted molar refractivity (Wildman–Crippen MR) is 73.6 cm³/mol. The molecule has 1 aromatic carbocycles. The number of halogens is 2. The Balaban J connectivity index is 1.92. The third kappa shape index (κ3) is 3.54. The zero-order valence-corrected chi connectivity index (χ0v) is 11.7. The Hall–Kier alpha value is -1.49. The average Bonchev–Trinajstić information content (AvgIpc) is 2.48. The van der Waals surface area contributed by atoms with E-state index < -0.39 is 11.6 Å². The average molecular weight is 282 g/mol. The van der Waals surface area contributed by atoms with Crippen LogP contribution in [0, 0.1) is 11.6 Å². The van der Waals surface area contributed by atoms with Crippen LogP contribution in [-0.2, 0) is 0 Å². The van der Waals surface area contributed by atoms with Crippen LogP contribution in [0.2, 0.25) is 0 Å². The van der Waals surface area contributed by atoms with Gasteiger partial charge in [-0.2, -0.15) is 0 Å². The van der Waals surface area contributed by atoms with Crippen LogP contribution in [-0.4, -0.2) is 36.5 Å². The van der Waals surface area contributed by atoms with Gasteiger partial charge in [-0.15, -0.1) is 0 Å². The van der Waals surface area contributed by atoms with Gasteiger partial charge in [0.05, 0.1) is 0 Å². The summed E-state index contributed by atoms with van der Waals surface area (Å²) in [6.07, 6.45) is 2.89. The monoisotopic (exact) mass is 282 g/mol. The Labute approximate surface area is 118 Å². The number of likely N-dealkylation sites (tertiary alicyclic amines) is 1. The maximum absolute atomic E-state index is 13.2. The van der Waals surface area contributed by atoms with Crippen LogP contribution in [0.3, 0.4) is 0 Å². The van der Waals surface area contributed by atoms with E-state index in [4.69, 9.17) is 0 Å². The molecule has 0 unspecified atom stereocenters. The molecule has 0 aliphatic carbocycles.